The molecule has 0 aliphatic rings. The number of hydrogen-bond acceptors (Lipinski definition) is 8. The van der Waals surface area contributed by atoms with Gasteiger partial charge in [0.1, 0.15) is 0 Å². The average molecular weight is 800 g/mol. The van der Waals surface area contributed by atoms with Crippen molar-refractivity contribution in [3.63, 3.8) is 0 Å². The lowest BCUT2D eigenvalue weighted by atomic mass is 10.0. The molecule has 4 heterocycles. The van der Waals surface area contributed by atoms with E-state index in [1.54, 1.807) is 17.5 Å². The molecule has 0 saturated carbocycles. The van der Waals surface area contributed by atoms with E-state index in [1.165, 1.54) is 15.5 Å². The number of benzene rings is 7. The number of fused-ring (bicyclic) bond motifs is 3. The fraction of sp³-hybridized carbons (Fsp3) is 0. The fourth-order valence-corrected chi connectivity index (χ4v) is 8.85. The molecule has 4 aromatic heterocycles. The third-order valence-electron chi connectivity index (χ3n) is 10.7. The highest BCUT2D eigenvalue weighted by atomic mass is 32.1. The second-order valence-electron chi connectivity index (χ2n) is 14.6. The van der Waals surface area contributed by atoms with Gasteiger partial charge >= 0.3 is 0 Å². The minimum atomic E-state index is 0.602. The number of aromatic nitrogens is 7. The van der Waals surface area contributed by atoms with Crippen molar-refractivity contribution in [2.45, 2.75) is 0 Å². The largest absolute Gasteiger partial charge is 0.256 e. The Morgan fingerprint density at radius 3 is 1.36 bits per heavy atom. The molecule has 0 unspecified atom stereocenters. The number of thiophene rings is 1. The molecule has 0 aliphatic carbocycles. The molecule has 8 heteroatoms. The van der Waals surface area contributed by atoms with Gasteiger partial charge in [-0.3, -0.25) is 4.98 Å². The smallest absolute Gasteiger partial charge is 0.165 e. The second kappa shape index (κ2) is 15.6. The monoisotopic (exact) mass is 799 g/mol. The van der Waals surface area contributed by atoms with Crippen LogP contribution in [0.5, 0.6) is 0 Å². The van der Waals surface area contributed by atoms with Crippen LogP contribution in [0.2, 0.25) is 0 Å². The van der Waals surface area contributed by atoms with Gasteiger partial charge in [-0.15, -0.1) is 11.3 Å². The first-order chi connectivity index (χ1) is 30.2. The van der Waals surface area contributed by atoms with Crippen molar-refractivity contribution in [3.05, 3.63) is 200 Å². The quantitative estimate of drug-likeness (QED) is 0.151. The van der Waals surface area contributed by atoms with E-state index in [4.69, 9.17) is 29.9 Å². The number of pyridine rings is 1. The van der Waals surface area contributed by atoms with Crippen LogP contribution in [0.15, 0.2) is 200 Å². The number of hydrogen-bond donors (Lipinski definition) is 0. The molecule has 7 aromatic carbocycles. The zero-order chi connectivity index (χ0) is 40.5. The summed E-state index contributed by atoms with van der Waals surface area (Å²) in [6, 6.07) is 65.9. The lowest BCUT2D eigenvalue weighted by Gasteiger charge is -2.10. The highest BCUT2D eigenvalue weighted by Crippen LogP contribution is 2.41. The predicted molar refractivity (Wildman–Crippen MR) is 247 cm³/mol. The summed E-state index contributed by atoms with van der Waals surface area (Å²) < 4.78 is 2.33. The van der Waals surface area contributed by atoms with Crippen LogP contribution in [0.25, 0.3) is 111 Å². The van der Waals surface area contributed by atoms with Crippen LogP contribution in [0.1, 0.15) is 0 Å². The Morgan fingerprint density at radius 1 is 0.295 bits per heavy atom. The SMILES string of the molecule is c1ccc(-c2nc(-c3ccc(-c4ccc5c(c4)sc4c(-c6nc(-c7ccccc7)nc(-c7ccccc7)n6)cccc45)cc3)nc(-c3cccc(-c4ccccn4)c3)n2)cc1. The first-order valence-corrected chi connectivity index (χ1v) is 20.8. The normalized spacial score (nSPS) is 11.3. The first kappa shape index (κ1) is 36.0. The lowest BCUT2D eigenvalue weighted by molar-refractivity contribution is 1.07. The molecule has 11 aromatic rings. The molecule has 11 rings (SSSR count). The zero-order valence-electron chi connectivity index (χ0n) is 32.6. The zero-order valence-corrected chi connectivity index (χ0v) is 33.4. The van der Waals surface area contributed by atoms with Crippen molar-refractivity contribution < 1.29 is 0 Å². The predicted octanol–water partition coefficient (Wildman–Crippen LogP) is 13.2. The molecule has 61 heavy (non-hydrogen) atoms. The van der Waals surface area contributed by atoms with Gasteiger partial charge in [0.2, 0.25) is 0 Å². The summed E-state index contributed by atoms with van der Waals surface area (Å²) in [5.41, 5.74) is 9.71. The molecule has 0 N–H and O–H groups in total. The fourth-order valence-electron chi connectivity index (χ4n) is 7.60. The third-order valence-corrected chi connectivity index (χ3v) is 11.9. The topological polar surface area (TPSA) is 90.2 Å². The van der Waals surface area contributed by atoms with Gasteiger partial charge < -0.3 is 0 Å². The summed E-state index contributed by atoms with van der Waals surface area (Å²) in [4.78, 5) is 34.5. The molecule has 0 spiro atoms. The Bertz CT molecular complexity index is 3280. The Kier molecular flexibility index (Phi) is 9.22. The van der Waals surface area contributed by atoms with Crippen molar-refractivity contribution in [2.75, 3.05) is 0 Å². The highest BCUT2D eigenvalue weighted by Gasteiger charge is 2.18. The average Bonchev–Trinajstić information content (AvgIpc) is 3.73. The van der Waals surface area contributed by atoms with Gasteiger partial charge in [-0.1, -0.05) is 164 Å². The highest BCUT2D eigenvalue weighted by molar-refractivity contribution is 7.26. The van der Waals surface area contributed by atoms with Gasteiger partial charge in [-0.25, -0.2) is 29.9 Å². The van der Waals surface area contributed by atoms with Gasteiger partial charge in [0.25, 0.3) is 0 Å². The molecule has 0 amide bonds. The Hall–Kier alpha value is -8.07. The molecule has 0 aliphatic heterocycles. The standard InChI is InChI=1S/C53H33N7S/c1-4-14-35(15-5-1)48-55-51(58-52(57-48)41-21-12-20-40(32-41)45-24-10-11-31-54-45)38-27-25-34(26-28-38)39-29-30-42-43-22-13-23-44(47(43)61-46(42)33-39)53-59-49(36-16-6-2-7-17-36)56-50(60-53)37-18-8-3-9-19-37/h1-33H. The van der Waals surface area contributed by atoms with Gasteiger partial charge in [0.05, 0.1) is 5.69 Å². The van der Waals surface area contributed by atoms with E-state index in [-0.39, 0.29) is 0 Å². The van der Waals surface area contributed by atoms with Crippen LogP contribution in [-0.4, -0.2) is 34.9 Å². The van der Waals surface area contributed by atoms with E-state index < -0.39 is 0 Å². The summed E-state index contributed by atoms with van der Waals surface area (Å²) in [5, 5.41) is 2.37. The van der Waals surface area contributed by atoms with Gasteiger partial charge in [-0.05, 0) is 41.5 Å². The van der Waals surface area contributed by atoms with Crippen molar-refractivity contribution in [1.29, 1.82) is 0 Å². The summed E-state index contributed by atoms with van der Waals surface area (Å²) >= 11 is 1.76. The second-order valence-corrected chi connectivity index (χ2v) is 15.6. The molecular weight excluding hydrogens is 767 g/mol. The number of nitrogens with zero attached hydrogens (tertiary/aromatic N) is 7. The molecule has 0 bridgehead atoms. The molecular formula is C53H33N7S. The van der Waals surface area contributed by atoms with Crippen molar-refractivity contribution in [2.24, 2.45) is 0 Å². The van der Waals surface area contributed by atoms with Gasteiger partial charge in [0.15, 0.2) is 34.9 Å². The molecule has 286 valence electrons. The van der Waals surface area contributed by atoms with E-state index in [0.29, 0.717) is 34.9 Å². The van der Waals surface area contributed by atoms with Crippen LogP contribution in [0, 0.1) is 0 Å². The minimum Gasteiger partial charge on any atom is -0.256 e. The van der Waals surface area contributed by atoms with Crippen LogP contribution in [0.4, 0.5) is 0 Å². The van der Waals surface area contributed by atoms with Crippen LogP contribution < -0.4 is 0 Å². The third kappa shape index (κ3) is 7.11. The van der Waals surface area contributed by atoms with Crippen LogP contribution in [0.3, 0.4) is 0 Å². The Balaban J connectivity index is 0.957. The Morgan fingerprint density at radius 2 is 0.770 bits per heavy atom. The summed E-state index contributed by atoms with van der Waals surface area (Å²) in [5.74, 6) is 3.77. The summed E-state index contributed by atoms with van der Waals surface area (Å²) in [6.45, 7) is 0. The summed E-state index contributed by atoms with van der Waals surface area (Å²) in [6.07, 6.45) is 1.80. The number of rotatable bonds is 8. The maximum Gasteiger partial charge on any atom is 0.165 e. The van der Waals surface area contributed by atoms with Crippen molar-refractivity contribution >= 4 is 31.5 Å². The summed E-state index contributed by atoms with van der Waals surface area (Å²) in [7, 11) is 0. The molecule has 7 nitrogen and oxygen atoms in total. The van der Waals surface area contributed by atoms with Crippen LogP contribution in [-0.2, 0) is 0 Å². The van der Waals surface area contributed by atoms with Crippen molar-refractivity contribution in [3.8, 4) is 90.7 Å². The maximum atomic E-state index is 5.05. The molecule has 0 saturated heterocycles. The van der Waals surface area contributed by atoms with E-state index in [9.17, 15) is 0 Å². The lowest BCUT2D eigenvalue weighted by Crippen LogP contribution is -2.00. The molecule has 0 radical (unpaired) electrons. The van der Waals surface area contributed by atoms with E-state index >= 15 is 0 Å². The van der Waals surface area contributed by atoms with Crippen LogP contribution >= 0.6 is 11.3 Å². The maximum absolute atomic E-state index is 5.05. The molecule has 0 atom stereocenters. The van der Waals surface area contributed by atoms with E-state index in [2.05, 4.69) is 77.8 Å². The van der Waals surface area contributed by atoms with Gasteiger partial charge in [-0.2, -0.15) is 0 Å². The Labute approximate surface area is 355 Å². The molecule has 0 fully saturated rings. The first-order valence-electron chi connectivity index (χ1n) is 20.0. The van der Waals surface area contributed by atoms with Crippen molar-refractivity contribution in [1.82, 2.24) is 34.9 Å². The van der Waals surface area contributed by atoms with E-state index in [0.717, 1.165) is 60.5 Å². The minimum absolute atomic E-state index is 0.602. The van der Waals surface area contributed by atoms with Gasteiger partial charge in [0, 0.05) is 65.3 Å². The van der Waals surface area contributed by atoms with E-state index in [1.807, 2.05) is 121 Å².